The van der Waals surface area contributed by atoms with Gasteiger partial charge in [0, 0.05) is 32.8 Å². The second-order valence-electron chi connectivity index (χ2n) is 11.4. The van der Waals surface area contributed by atoms with E-state index in [-0.39, 0.29) is 0 Å². The SMILES string of the molecule is c1ccc(-c2ccc(-c3ccccc3-n3c4ccccc4c4c5c6ccccc6n(-c6ccccc6)c5ccc43)cc2)cc1. The van der Waals surface area contributed by atoms with Crippen molar-refractivity contribution in [2.75, 3.05) is 0 Å². The second kappa shape index (κ2) is 9.86. The van der Waals surface area contributed by atoms with E-state index >= 15 is 0 Å². The summed E-state index contributed by atoms with van der Waals surface area (Å²) in [5, 5.41) is 5.11. The molecule has 0 radical (unpaired) electrons. The molecule has 206 valence electrons. The highest BCUT2D eigenvalue weighted by atomic mass is 15.0. The lowest BCUT2D eigenvalue weighted by molar-refractivity contribution is 1.17. The molecule has 0 N–H and O–H groups in total. The van der Waals surface area contributed by atoms with E-state index in [4.69, 9.17) is 0 Å². The van der Waals surface area contributed by atoms with Crippen molar-refractivity contribution in [1.82, 2.24) is 9.13 Å². The molecule has 9 aromatic rings. The van der Waals surface area contributed by atoms with Crippen molar-refractivity contribution in [3.05, 3.63) is 170 Å². The minimum absolute atomic E-state index is 1.17. The molecule has 0 aliphatic rings. The van der Waals surface area contributed by atoms with Crippen molar-refractivity contribution >= 4 is 43.6 Å². The van der Waals surface area contributed by atoms with Gasteiger partial charge in [0.25, 0.3) is 0 Å². The van der Waals surface area contributed by atoms with Crippen molar-refractivity contribution in [2.45, 2.75) is 0 Å². The van der Waals surface area contributed by atoms with E-state index in [2.05, 4.69) is 179 Å². The van der Waals surface area contributed by atoms with Gasteiger partial charge in [-0.3, -0.25) is 0 Å². The number of para-hydroxylation sites is 4. The van der Waals surface area contributed by atoms with Gasteiger partial charge in [-0.2, -0.15) is 0 Å². The normalized spacial score (nSPS) is 11.6. The van der Waals surface area contributed by atoms with Gasteiger partial charge in [-0.05, 0) is 59.2 Å². The van der Waals surface area contributed by atoms with Gasteiger partial charge in [-0.1, -0.05) is 127 Å². The third-order valence-corrected chi connectivity index (χ3v) is 8.93. The molecule has 2 heteroatoms. The minimum atomic E-state index is 1.17. The number of fused-ring (bicyclic) bond motifs is 7. The summed E-state index contributed by atoms with van der Waals surface area (Å²) in [6.45, 7) is 0. The van der Waals surface area contributed by atoms with E-state index in [0.717, 1.165) is 0 Å². The van der Waals surface area contributed by atoms with Gasteiger partial charge < -0.3 is 9.13 Å². The predicted molar refractivity (Wildman–Crippen MR) is 186 cm³/mol. The van der Waals surface area contributed by atoms with E-state index in [0.29, 0.717) is 0 Å². The van der Waals surface area contributed by atoms with Crippen LogP contribution in [0.25, 0.3) is 77.2 Å². The van der Waals surface area contributed by atoms with E-state index in [1.165, 1.54) is 77.2 Å². The van der Waals surface area contributed by atoms with Gasteiger partial charge in [0.05, 0.1) is 27.8 Å². The van der Waals surface area contributed by atoms with Crippen molar-refractivity contribution in [1.29, 1.82) is 0 Å². The van der Waals surface area contributed by atoms with Gasteiger partial charge in [0.2, 0.25) is 0 Å². The molecule has 7 aromatic carbocycles. The van der Waals surface area contributed by atoms with Crippen LogP contribution in [0.4, 0.5) is 0 Å². The molecule has 0 amide bonds. The third kappa shape index (κ3) is 3.68. The number of hydrogen-bond donors (Lipinski definition) is 0. The molecular weight excluding hydrogens is 532 g/mol. The Morgan fingerprint density at radius 3 is 1.45 bits per heavy atom. The van der Waals surface area contributed by atoms with Crippen LogP contribution < -0.4 is 0 Å². The Hall–Kier alpha value is -5.86. The number of hydrogen-bond acceptors (Lipinski definition) is 0. The average Bonchev–Trinajstić information content (AvgIpc) is 3.62. The van der Waals surface area contributed by atoms with Gasteiger partial charge in [-0.15, -0.1) is 0 Å². The van der Waals surface area contributed by atoms with Crippen molar-refractivity contribution in [3.63, 3.8) is 0 Å². The van der Waals surface area contributed by atoms with Crippen LogP contribution in [-0.4, -0.2) is 9.13 Å². The predicted octanol–water partition coefficient (Wildman–Crippen LogP) is 11.2. The van der Waals surface area contributed by atoms with Crippen LogP contribution in [0.3, 0.4) is 0 Å². The zero-order valence-electron chi connectivity index (χ0n) is 24.1. The minimum Gasteiger partial charge on any atom is -0.309 e. The van der Waals surface area contributed by atoms with Crippen LogP contribution in [0.1, 0.15) is 0 Å². The molecule has 0 fully saturated rings. The second-order valence-corrected chi connectivity index (χ2v) is 11.4. The highest BCUT2D eigenvalue weighted by molar-refractivity contribution is 6.29. The summed E-state index contributed by atoms with van der Waals surface area (Å²) in [6, 6.07) is 61.3. The first-order valence-electron chi connectivity index (χ1n) is 15.1. The lowest BCUT2D eigenvalue weighted by Gasteiger charge is -2.14. The first-order chi connectivity index (χ1) is 21.9. The van der Waals surface area contributed by atoms with Crippen molar-refractivity contribution in [2.24, 2.45) is 0 Å². The summed E-state index contributed by atoms with van der Waals surface area (Å²) >= 11 is 0. The Kier molecular flexibility index (Phi) is 5.54. The van der Waals surface area contributed by atoms with Gasteiger partial charge in [-0.25, -0.2) is 0 Å². The number of rotatable bonds is 4. The summed E-state index contributed by atoms with van der Waals surface area (Å²) < 4.78 is 4.86. The number of benzene rings is 7. The van der Waals surface area contributed by atoms with Crippen molar-refractivity contribution < 1.29 is 0 Å². The Labute approximate surface area is 255 Å². The molecule has 0 bridgehead atoms. The fourth-order valence-electron chi connectivity index (χ4n) is 7.02. The fraction of sp³-hybridized carbons (Fsp3) is 0. The van der Waals surface area contributed by atoms with E-state index in [1.54, 1.807) is 0 Å². The lowest BCUT2D eigenvalue weighted by Crippen LogP contribution is -1.97. The van der Waals surface area contributed by atoms with Crippen LogP contribution in [0.2, 0.25) is 0 Å². The Bertz CT molecular complexity index is 2460. The monoisotopic (exact) mass is 560 g/mol. The van der Waals surface area contributed by atoms with Crippen LogP contribution in [0, 0.1) is 0 Å². The molecule has 2 aromatic heterocycles. The Balaban J connectivity index is 1.33. The maximum absolute atomic E-state index is 2.46. The number of aromatic nitrogens is 2. The molecule has 0 aliphatic carbocycles. The van der Waals surface area contributed by atoms with E-state index < -0.39 is 0 Å². The highest BCUT2D eigenvalue weighted by Crippen LogP contribution is 2.43. The van der Waals surface area contributed by atoms with Crippen LogP contribution in [0.5, 0.6) is 0 Å². The largest absolute Gasteiger partial charge is 0.309 e. The van der Waals surface area contributed by atoms with Gasteiger partial charge >= 0.3 is 0 Å². The Morgan fingerprint density at radius 1 is 0.295 bits per heavy atom. The zero-order chi connectivity index (χ0) is 29.0. The first-order valence-corrected chi connectivity index (χ1v) is 15.1. The van der Waals surface area contributed by atoms with Gasteiger partial charge in [0.1, 0.15) is 0 Å². The summed E-state index contributed by atoms with van der Waals surface area (Å²) in [6.07, 6.45) is 0. The average molecular weight is 561 g/mol. The molecule has 0 atom stereocenters. The molecule has 2 heterocycles. The maximum atomic E-state index is 2.46. The zero-order valence-corrected chi connectivity index (χ0v) is 24.1. The molecule has 0 aliphatic heterocycles. The van der Waals surface area contributed by atoms with Crippen molar-refractivity contribution in [3.8, 4) is 33.6 Å². The maximum Gasteiger partial charge on any atom is 0.0549 e. The van der Waals surface area contributed by atoms with Crippen LogP contribution >= 0.6 is 0 Å². The Morgan fingerprint density at radius 2 is 0.773 bits per heavy atom. The van der Waals surface area contributed by atoms with Crippen LogP contribution in [-0.2, 0) is 0 Å². The molecular formula is C42H28N2. The molecule has 0 spiro atoms. The molecule has 9 rings (SSSR count). The molecule has 0 unspecified atom stereocenters. The summed E-state index contributed by atoms with van der Waals surface area (Å²) in [5.74, 6) is 0. The number of nitrogens with zero attached hydrogens (tertiary/aromatic N) is 2. The fourth-order valence-corrected chi connectivity index (χ4v) is 7.02. The van der Waals surface area contributed by atoms with E-state index in [9.17, 15) is 0 Å². The third-order valence-electron chi connectivity index (χ3n) is 8.93. The van der Waals surface area contributed by atoms with E-state index in [1.807, 2.05) is 0 Å². The molecule has 44 heavy (non-hydrogen) atoms. The summed E-state index contributed by atoms with van der Waals surface area (Å²) in [4.78, 5) is 0. The molecule has 0 saturated carbocycles. The molecule has 2 nitrogen and oxygen atoms in total. The standard InChI is InChI=1S/C42H28N2/c1-3-13-29(14-4-1)30-23-25-31(26-24-30)33-17-7-10-20-36(33)44-38-22-12-9-19-35(38)42-40(44)28-27-39-41(42)34-18-8-11-21-37(34)43(39)32-15-5-2-6-16-32/h1-28H. The topological polar surface area (TPSA) is 9.86 Å². The van der Waals surface area contributed by atoms with Crippen LogP contribution in [0.15, 0.2) is 170 Å². The quantitative estimate of drug-likeness (QED) is 0.203. The summed E-state index contributed by atoms with van der Waals surface area (Å²) in [5.41, 5.74) is 12.1. The lowest BCUT2D eigenvalue weighted by atomic mass is 9.99. The molecule has 0 saturated heterocycles. The summed E-state index contributed by atoms with van der Waals surface area (Å²) in [7, 11) is 0. The van der Waals surface area contributed by atoms with Gasteiger partial charge in [0.15, 0.2) is 0 Å². The first kappa shape index (κ1) is 24.7. The smallest absolute Gasteiger partial charge is 0.0549 e. The highest BCUT2D eigenvalue weighted by Gasteiger charge is 2.21.